The van der Waals surface area contributed by atoms with E-state index in [1.165, 1.54) is 62.8 Å². The van der Waals surface area contributed by atoms with Gasteiger partial charge in [-0.25, -0.2) is 18.1 Å². The number of nitrogens with zero attached hydrogens (tertiary/aromatic N) is 2. The van der Waals surface area contributed by atoms with Gasteiger partial charge in [0, 0.05) is 6.20 Å². The van der Waals surface area contributed by atoms with Gasteiger partial charge in [-0.15, -0.1) is 0 Å². The normalized spacial score (nSPS) is 21.7. The first-order chi connectivity index (χ1) is 19.7. The van der Waals surface area contributed by atoms with E-state index >= 15 is 8.78 Å². The average Bonchev–Trinajstić information content (AvgIpc) is 3.16. The van der Waals surface area contributed by atoms with E-state index in [2.05, 4.69) is 4.98 Å². The molecule has 1 aliphatic heterocycles. The molecule has 18 heteroatoms. The van der Waals surface area contributed by atoms with Gasteiger partial charge in [-0.1, -0.05) is 11.6 Å². The summed E-state index contributed by atoms with van der Waals surface area (Å²) in [6.07, 6.45) is -9.43. The van der Waals surface area contributed by atoms with Crippen molar-refractivity contribution in [2.45, 2.75) is 30.3 Å². The van der Waals surface area contributed by atoms with Crippen LogP contribution in [0.1, 0.15) is 6.23 Å². The van der Waals surface area contributed by atoms with Crippen molar-refractivity contribution in [3.8, 4) is 23.0 Å². The number of aliphatic hydroxyl groups excluding tert-OH is 1. The van der Waals surface area contributed by atoms with Crippen molar-refractivity contribution in [2.24, 2.45) is 0 Å². The fourth-order valence-electron chi connectivity index (χ4n) is 3.81. The van der Waals surface area contributed by atoms with Gasteiger partial charge in [-0.3, -0.25) is 9.09 Å². The Morgan fingerprint density at radius 3 is 1.98 bits per heavy atom. The Balaban J connectivity index is 1.68. The molecule has 1 aromatic heterocycles. The third kappa shape index (κ3) is 6.13. The van der Waals surface area contributed by atoms with Gasteiger partial charge in [-0.05, 0) is 48.5 Å². The molecule has 2 heterocycles. The number of nitrogen functional groups attached to an aromatic ring is 1. The number of hydrogen-bond acceptors (Lipinski definition) is 11. The van der Waals surface area contributed by atoms with Gasteiger partial charge in [-0.2, -0.15) is 13.8 Å². The molecule has 3 atom stereocenters. The van der Waals surface area contributed by atoms with Crippen molar-refractivity contribution in [2.75, 3.05) is 26.6 Å². The lowest BCUT2D eigenvalue weighted by atomic mass is 9.96. The molecule has 0 radical (unpaired) electrons. The van der Waals surface area contributed by atoms with Gasteiger partial charge in [0.05, 0.1) is 25.8 Å². The van der Waals surface area contributed by atoms with Gasteiger partial charge in [0.1, 0.15) is 28.8 Å². The number of nitrogens with two attached hydrogens (primary N) is 1. The fourth-order valence-corrected chi connectivity index (χ4v) is 5.22. The predicted molar refractivity (Wildman–Crippen MR) is 139 cm³/mol. The van der Waals surface area contributed by atoms with Crippen LogP contribution in [0.25, 0.3) is 0 Å². The molecule has 2 aromatic carbocycles. The molecule has 3 N–H and O–H groups in total. The summed E-state index contributed by atoms with van der Waals surface area (Å²) in [5.41, 5.74) is 0.406. The summed E-state index contributed by atoms with van der Waals surface area (Å²) in [6.45, 7) is -1.66. The third-order valence-corrected chi connectivity index (χ3v) is 7.65. The van der Waals surface area contributed by atoms with E-state index in [1.54, 1.807) is 0 Å². The lowest BCUT2D eigenvalue weighted by Gasteiger charge is -2.31. The zero-order valence-electron chi connectivity index (χ0n) is 21.7. The maximum Gasteiger partial charge on any atom is 0.587 e. The fraction of sp³-hybridized carbons (Fsp3) is 0.333. The zero-order valence-corrected chi connectivity index (χ0v) is 23.3. The van der Waals surface area contributed by atoms with Gasteiger partial charge in [0.25, 0.3) is 6.43 Å². The highest BCUT2D eigenvalue weighted by atomic mass is 35.5. The molecule has 1 fully saturated rings. The number of alkyl halides is 4. The lowest BCUT2D eigenvalue weighted by molar-refractivity contribution is -0.193. The molecule has 3 unspecified atom stereocenters. The topological polar surface area (TPSA) is 154 Å². The number of halogens is 5. The minimum Gasteiger partial charge on any atom is -0.497 e. The standard InChI is InChI=1S/C24H23ClF4N3O9P/c1-36-13-3-7-15(8-4-13)40-42(35,41-16-9-5-14(37-2)6-10-16)38-12-23(20(26)27)19(33)24(28,29)21(39-23)32-11-17(25)18(30)31-22(32)34/h3-11,19-21,33H,12H2,1-2H3,(H2,30,31,34). The third-order valence-electron chi connectivity index (χ3n) is 6.05. The molecular weight excluding hydrogens is 617 g/mol. The van der Waals surface area contributed by atoms with Crippen LogP contribution in [-0.4, -0.2) is 59.5 Å². The Morgan fingerprint density at radius 1 is 1.05 bits per heavy atom. The molecule has 0 saturated carbocycles. The average molecular weight is 640 g/mol. The molecule has 0 bridgehead atoms. The van der Waals surface area contributed by atoms with E-state index < -0.39 is 61.2 Å². The van der Waals surface area contributed by atoms with E-state index in [0.29, 0.717) is 17.7 Å². The van der Waals surface area contributed by atoms with Crippen LogP contribution in [0.15, 0.2) is 59.5 Å². The van der Waals surface area contributed by atoms with Crippen LogP contribution in [0.5, 0.6) is 23.0 Å². The van der Waals surface area contributed by atoms with Gasteiger partial charge < -0.3 is 34.1 Å². The Kier molecular flexibility index (Phi) is 8.94. The molecule has 228 valence electrons. The molecule has 3 aromatic rings. The van der Waals surface area contributed by atoms with E-state index in [0.717, 1.165) is 0 Å². The summed E-state index contributed by atoms with van der Waals surface area (Å²) < 4.78 is 104. The molecule has 0 amide bonds. The first-order valence-electron chi connectivity index (χ1n) is 11.7. The highest BCUT2D eigenvalue weighted by Gasteiger charge is 2.71. The van der Waals surface area contributed by atoms with Crippen molar-refractivity contribution >= 4 is 25.2 Å². The number of methoxy groups -OCH3 is 2. The second-order valence-electron chi connectivity index (χ2n) is 8.72. The molecule has 0 aliphatic carbocycles. The van der Waals surface area contributed by atoms with Crippen LogP contribution < -0.4 is 29.9 Å². The molecular formula is C24H23ClF4N3O9P. The van der Waals surface area contributed by atoms with Crippen LogP contribution in [0, 0.1) is 0 Å². The minimum absolute atomic E-state index is 0.0906. The second-order valence-corrected chi connectivity index (χ2v) is 10.6. The molecule has 12 nitrogen and oxygen atoms in total. The van der Waals surface area contributed by atoms with Crippen LogP contribution in [0.2, 0.25) is 5.02 Å². The lowest BCUT2D eigenvalue weighted by Crippen LogP contribution is -2.54. The van der Waals surface area contributed by atoms with Gasteiger partial charge >= 0.3 is 19.4 Å². The van der Waals surface area contributed by atoms with Crippen LogP contribution in [-0.2, 0) is 13.8 Å². The Bertz CT molecular complexity index is 1460. The van der Waals surface area contributed by atoms with Crippen LogP contribution in [0.4, 0.5) is 23.4 Å². The largest absolute Gasteiger partial charge is 0.587 e. The van der Waals surface area contributed by atoms with Crippen molar-refractivity contribution < 1.29 is 55.0 Å². The summed E-state index contributed by atoms with van der Waals surface area (Å²) in [5.74, 6) is -4.59. The monoisotopic (exact) mass is 639 g/mol. The summed E-state index contributed by atoms with van der Waals surface area (Å²) >= 11 is 5.77. The number of aliphatic hydroxyl groups is 1. The first-order valence-corrected chi connectivity index (χ1v) is 13.6. The highest BCUT2D eigenvalue weighted by molar-refractivity contribution is 7.49. The van der Waals surface area contributed by atoms with Crippen LogP contribution in [0.3, 0.4) is 0 Å². The number of rotatable bonds is 11. The van der Waals surface area contributed by atoms with Crippen molar-refractivity contribution in [3.05, 3.63) is 70.2 Å². The van der Waals surface area contributed by atoms with E-state index in [9.17, 15) is 23.2 Å². The molecule has 0 spiro atoms. The van der Waals surface area contributed by atoms with E-state index in [-0.39, 0.29) is 16.1 Å². The number of benzene rings is 2. The number of aromatic nitrogens is 2. The maximum absolute atomic E-state index is 15.2. The Labute approximate surface area is 240 Å². The number of ether oxygens (including phenoxy) is 3. The van der Waals surface area contributed by atoms with Gasteiger partial charge in [0.2, 0.25) is 6.23 Å². The summed E-state index contributed by atoms with van der Waals surface area (Å²) in [6, 6.07) is 10.8. The first kappa shape index (κ1) is 31.4. The van der Waals surface area contributed by atoms with Crippen molar-refractivity contribution in [3.63, 3.8) is 0 Å². The SMILES string of the molecule is COc1ccc(OP(=O)(OCC2(C(F)F)OC(n3cc(Cl)c(N)nc3=O)C(F)(F)C2O)Oc2ccc(OC)cc2)cc1. The second kappa shape index (κ2) is 12.0. The maximum atomic E-state index is 15.2. The quantitative estimate of drug-likeness (QED) is 0.228. The zero-order chi connectivity index (χ0) is 30.9. The molecule has 1 saturated heterocycles. The van der Waals surface area contributed by atoms with Crippen molar-refractivity contribution in [1.82, 2.24) is 9.55 Å². The smallest absolute Gasteiger partial charge is 0.497 e. The molecule has 4 rings (SSSR count). The number of hydrogen-bond donors (Lipinski definition) is 2. The molecule has 42 heavy (non-hydrogen) atoms. The predicted octanol–water partition coefficient (Wildman–Crippen LogP) is 4.31. The summed E-state index contributed by atoms with van der Waals surface area (Å²) in [4.78, 5) is 15.5. The van der Waals surface area contributed by atoms with E-state index in [1.807, 2.05) is 0 Å². The Morgan fingerprint density at radius 2 is 1.52 bits per heavy atom. The van der Waals surface area contributed by atoms with Crippen molar-refractivity contribution in [1.29, 1.82) is 0 Å². The number of phosphoric acid groups is 1. The number of phosphoric ester groups is 1. The van der Waals surface area contributed by atoms with Crippen LogP contribution >= 0.6 is 19.4 Å². The van der Waals surface area contributed by atoms with Gasteiger partial charge in [0.15, 0.2) is 11.7 Å². The molecule has 1 aliphatic rings. The van der Waals surface area contributed by atoms with E-state index in [4.69, 9.17) is 45.1 Å². The minimum atomic E-state index is -5.00. The summed E-state index contributed by atoms with van der Waals surface area (Å²) in [5, 5.41) is 9.98. The summed E-state index contributed by atoms with van der Waals surface area (Å²) in [7, 11) is -2.22. The Hall–Kier alpha value is -3.56. The number of anilines is 1. The highest BCUT2D eigenvalue weighted by Crippen LogP contribution is 2.55.